The largest absolute Gasteiger partial charge is 0.478 e. The number of carboxylic acid groups (broad SMARTS) is 1. The first-order chi connectivity index (χ1) is 8.24. The Morgan fingerprint density at radius 2 is 2.00 bits per heavy atom. The second kappa shape index (κ2) is 4.23. The monoisotopic (exact) mass is 250 g/mol. The average Bonchev–Trinajstić information content (AvgIpc) is 2.46. The maximum atomic E-state index is 11.1. The van der Waals surface area contributed by atoms with E-state index in [4.69, 9.17) is 5.11 Å². The van der Waals surface area contributed by atoms with E-state index in [1.807, 2.05) is 19.9 Å². The molecule has 0 aliphatic heterocycles. The first kappa shape index (κ1) is 13.3. The second-order valence-corrected chi connectivity index (χ2v) is 6.41. The minimum absolute atomic E-state index is 0.0759. The highest BCUT2D eigenvalue weighted by molar-refractivity contribution is 5.86. The van der Waals surface area contributed by atoms with E-state index in [-0.39, 0.29) is 5.41 Å². The summed E-state index contributed by atoms with van der Waals surface area (Å²) in [5.74, 6) is -0.502. The van der Waals surface area contributed by atoms with Crippen molar-refractivity contribution < 1.29 is 15.0 Å². The highest BCUT2D eigenvalue weighted by atomic mass is 16.4. The maximum Gasteiger partial charge on any atom is 0.331 e. The lowest BCUT2D eigenvalue weighted by molar-refractivity contribution is -0.132. The molecule has 0 aromatic heterocycles. The number of carbonyl (C=O) groups is 1. The molecule has 0 fully saturated rings. The van der Waals surface area contributed by atoms with Crippen molar-refractivity contribution in [2.45, 2.75) is 52.1 Å². The molecule has 3 heteroatoms. The fourth-order valence-corrected chi connectivity index (χ4v) is 3.36. The Morgan fingerprint density at radius 3 is 2.56 bits per heavy atom. The van der Waals surface area contributed by atoms with Crippen LogP contribution in [0.5, 0.6) is 0 Å². The van der Waals surface area contributed by atoms with Crippen molar-refractivity contribution in [3.05, 3.63) is 23.3 Å². The minimum Gasteiger partial charge on any atom is -0.478 e. The Labute approximate surface area is 108 Å². The molecule has 0 aromatic rings. The quantitative estimate of drug-likeness (QED) is 0.741. The van der Waals surface area contributed by atoms with Gasteiger partial charge in [-0.3, -0.25) is 0 Å². The molecule has 100 valence electrons. The number of carboxylic acids is 1. The van der Waals surface area contributed by atoms with Crippen LogP contribution in [0.4, 0.5) is 0 Å². The van der Waals surface area contributed by atoms with Crippen molar-refractivity contribution >= 4 is 5.97 Å². The zero-order chi connectivity index (χ0) is 13.6. The van der Waals surface area contributed by atoms with Crippen LogP contribution >= 0.6 is 0 Å². The third-order valence-corrected chi connectivity index (χ3v) is 4.50. The van der Waals surface area contributed by atoms with Crippen molar-refractivity contribution in [1.82, 2.24) is 0 Å². The highest BCUT2D eigenvalue weighted by Crippen LogP contribution is 2.52. The van der Waals surface area contributed by atoms with Crippen LogP contribution in [0.3, 0.4) is 0 Å². The molecule has 2 aliphatic rings. The molecule has 0 unspecified atom stereocenters. The van der Waals surface area contributed by atoms with Crippen LogP contribution < -0.4 is 0 Å². The fourth-order valence-electron chi connectivity index (χ4n) is 3.36. The number of aliphatic hydroxyl groups is 1. The predicted octanol–water partition coefficient (Wildman–Crippen LogP) is 2.90. The van der Waals surface area contributed by atoms with Crippen LogP contribution in [0.15, 0.2) is 23.3 Å². The number of fused-ring (bicyclic) bond motifs is 1. The van der Waals surface area contributed by atoms with Gasteiger partial charge in [0.1, 0.15) is 0 Å². The van der Waals surface area contributed by atoms with E-state index >= 15 is 0 Å². The van der Waals surface area contributed by atoms with E-state index in [1.165, 1.54) is 0 Å². The van der Waals surface area contributed by atoms with E-state index in [2.05, 4.69) is 13.0 Å². The summed E-state index contributed by atoms with van der Waals surface area (Å²) < 4.78 is 0. The summed E-state index contributed by atoms with van der Waals surface area (Å²) in [5, 5.41) is 19.3. The number of aliphatic carboxylic acids is 1. The van der Waals surface area contributed by atoms with Crippen LogP contribution in [0.1, 0.15) is 46.5 Å². The molecule has 0 spiro atoms. The van der Waals surface area contributed by atoms with E-state index in [0.717, 1.165) is 24.8 Å². The van der Waals surface area contributed by atoms with Gasteiger partial charge in [-0.15, -0.1) is 0 Å². The molecule has 0 saturated carbocycles. The number of hydrogen-bond donors (Lipinski definition) is 2. The molecule has 0 bridgehead atoms. The Morgan fingerprint density at radius 1 is 1.39 bits per heavy atom. The lowest BCUT2D eigenvalue weighted by atomic mass is 9.71. The summed E-state index contributed by atoms with van der Waals surface area (Å²) >= 11 is 0. The average molecular weight is 250 g/mol. The SMILES string of the molecule is CC(C)(O)C1=CC[C@]2(C)CC=C(C(=O)O)CC[C@H]12. The van der Waals surface area contributed by atoms with Gasteiger partial charge in [-0.05, 0) is 56.4 Å². The molecule has 0 radical (unpaired) electrons. The molecule has 0 amide bonds. The first-order valence-electron chi connectivity index (χ1n) is 6.59. The Hall–Kier alpha value is -1.09. The van der Waals surface area contributed by atoms with E-state index in [9.17, 15) is 9.90 Å². The summed E-state index contributed by atoms with van der Waals surface area (Å²) in [4.78, 5) is 11.1. The van der Waals surface area contributed by atoms with Crippen molar-refractivity contribution in [3.8, 4) is 0 Å². The maximum absolute atomic E-state index is 11.1. The van der Waals surface area contributed by atoms with Gasteiger partial charge in [0.15, 0.2) is 0 Å². The van der Waals surface area contributed by atoms with Gasteiger partial charge >= 0.3 is 5.97 Å². The molecule has 2 N–H and O–H groups in total. The smallest absolute Gasteiger partial charge is 0.331 e. The van der Waals surface area contributed by atoms with Crippen LogP contribution in [0.2, 0.25) is 0 Å². The predicted molar refractivity (Wildman–Crippen MR) is 70.2 cm³/mol. The van der Waals surface area contributed by atoms with E-state index in [1.54, 1.807) is 0 Å². The summed E-state index contributed by atoms with van der Waals surface area (Å²) in [6.07, 6.45) is 7.18. The van der Waals surface area contributed by atoms with Gasteiger partial charge in [0.2, 0.25) is 0 Å². The van der Waals surface area contributed by atoms with Crippen molar-refractivity contribution in [3.63, 3.8) is 0 Å². The topological polar surface area (TPSA) is 57.5 Å². The molecule has 18 heavy (non-hydrogen) atoms. The van der Waals surface area contributed by atoms with Gasteiger partial charge in [0.25, 0.3) is 0 Å². The number of allylic oxidation sites excluding steroid dienone is 2. The second-order valence-electron chi connectivity index (χ2n) is 6.41. The minimum atomic E-state index is -0.799. The summed E-state index contributed by atoms with van der Waals surface area (Å²) in [5.41, 5.74) is 0.897. The van der Waals surface area contributed by atoms with E-state index in [0.29, 0.717) is 17.9 Å². The number of hydrogen-bond acceptors (Lipinski definition) is 2. The lowest BCUT2D eigenvalue weighted by Gasteiger charge is -2.35. The summed E-state index contributed by atoms with van der Waals surface area (Å²) in [6, 6.07) is 0. The standard InChI is InChI=1S/C15H22O3/c1-14(2,18)11-7-9-15(3)8-6-10(13(16)17)4-5-12(11)15/h6-7,12,18H,4-5,8-9H2,1-3H3,(H,16,17)/t12-,15+/m1/s1. The Bertz CT molecular complexity index is 426. The lowest BCUT2D eigenvalue weighted by Crippen LogP contribution is -2.31. The van der Waals surface area contributed by atoms with Crippen LogP contribution in [-0.2, 0) is 4.79 Å². The van der Waals surface area contributed by atoms with Gasteiger partial charge < -0.3 is 10.2 Å². The van der Waals surface area contributed by atoms with Crippen molar-refractivity contribution in [2.24, 2.45) is 11.3 Å². The van der Waals surface area contributed by atoms with Crippen molar-refractivity contribution in [1.29, 1.82) is 0 Å². The zero-order valence-electron chi connectivity index (χ0n) is 11.4. The van der Waals surface area contributed by atoms with Crippen LogP contribution in [0, 0.1) is 11.3 Å². The molecule has 2 aliphatic carbocycles. The van der Waals surface area contributed by atoms with Crippen LogP contribution in [0.25, 0.3) is 0 Å². The molecule has 0 saturated heterocycles. The normalized spacial score (nSPS) is 32.3. The fraction of sp³-hybridized carbons (Fsp3) is 0.667. The molecular formula is C15H22O3. The van der Waals surface area contributed by atoms with Crippen LogP contribution in [-0.4, -0.2) is 21.8 Å². The molecular weight excluding hydrogens is 228 g/mol. The van der Waals surface area contributed by atoms with Gasteiger partial charge in [-0.25, -0.2) is 4.79 Å². The molecule has 0 aromatic carbocycles. The molecule has 2 rings (SSSR count). The van der Waals surface area contributed by atoms with Gasteiger partial charge in [0.05, 0.1) is 5.60 Å². The van der Waals surface area contributed by atoms with Gasteiger partial charge in [-0.2, -0.15) is 0 Å². The molecule has 3 nitrogen and oxygen atoms in total. The number of rotatable bonds is 2. The summed E-state index contributed by atoms with van der Waals surface area (Å²) in [6.45, 7) is 5.84. The Balaban J connectivity index is 2.25. The third-order valence-electron chi connectivity index (χ3n) is 4.50. The molecule has 0 heterocycles. The Kier molecular flexibility index (Phi) is 3.14. The summed E-state index contributed by atoms with van der Waals surface area (Å²) in [7, 11) is 0. The highest BCUT2D eigenvalue weighted by Gasteiger charge is 2.44. The first-order valence-corrected chi connectivity index (χ1v) is 6.59. The molecule has 2 atom stereocenters. The van der Waals surface area contributed by atoms with E-state index < -0.39 is 11.6 Å². The van der Waals surface area contributed by atoms with Crippen molar-refractivity contribution in [2.75, 3.05) is 0 Å². The van der Waals surface area contributed by atoms with Gasteiger partial charge in [0, 0.05) is 5.57 Å². The van der Waals surface area contributed by atoms with Gasteiger partial charge in [-0.1, -0.05) is 19.1 Å². The third kappa shape index (κ3) is 2.24. The zero-order valence-corrected chi connectivity index (χ0v) is 11.4.